The predicted molar refractivity (Wildman–Crippen MR) is 115 cm³/mol. The monoisotopic (exact) mass is 427 g/mol. The van der Waals surface area contributed by atoms with Gasteiger partial charge in [-0.05, 0) is 50.5 Å². The molecule has 3 rings (SSSR count). The summed E-state index contributed by atoms with van der Waals surface area (Å²) < 4.78 is 16.4. The van der Waals surface area contributed by atoms with Crippen LogP contribution in [0.1, 0.15) is 38.0 Å². The van der Waals surface area contributed by atoms with Gasteiger partial charge >= 0.3 is 6.09 Å². The lowest BCUT2D eigenvalue weighted by molar-refractivity contribution is -0.154. The highest BCUT2D eigenvalue weighted by molar-refractivity contribution is 5.96. The first-order valence-electron chi connectivity index (χ1n) is 10.5. The third kappa shape index (κ3) is 5.62. The molecule has 166 valence electrons. The number of amides is 2. The largest absolute Gasteiger partial charge is 0.494 e. The van der Waals surface area contributed by atoms with Crippen molar-refractivity contribution >= 4 is 12.0 Å². The molecular weight excluding hydrogens is 398 g/mol. The molecular formula is C24H29NO6. The Hall–Kier alpha value is -2.90. The smallest absolute Gasteiger partial charge is 0.417 e. The number of cyclic esters (lactones) is 1. The fraction of sp³-hybridized carbons (Fsp3) is 0.417. The maximum Gasteiger partial charge on any atom is 0.417 e. The van der Waals surface area contributed by atoms with E-state index in [1.807, 2.05) is 37.3 Å². The zero-order valence-corrected chi connectivity index (χ0v) is 18.1. The SMILES string of the molecule is CCOc1ccc([C@@H](O)[C@H](OC(C)C)C(=O)N2C(=O)OC[C@@H]2Cc2ccccc2)cc1. The minimum atomic E-state index is -1.25. The van der Waals surface area contributed by atoms with Crippen LogP contribution >= 0.6 is 0 Å². The first-order chi connectivity index (χ1) is 14.9. The Bertz CT molecular complexity index is 867. The lowest BCUT2D eigenvalue weighted by Crippen LogP contribution is -2.49. The van der Waals surface area contributed by atoms with Crippen molar-refractivity contribution < 1.29 is 28.9 Å². The maximum atomic E-state index is 13.4. The van der Waals surface area contributed by atoms with Crippen LogP contribution < -0.4 is 4.74 Å². The fourth-order valence-corrected chi connectivity index (χ4v) is 3.57. The van der Waals surface area contributed by atoms with Crippen molar-refractivity contribution in [3.63, 3.8) is 0 Å². The molecule has 2 aromatic rings. The summed E-state index contributed by atoms with van der Waals surface area (Å²) in [6.45, 7) is 6.06. The molecule has 0 aromatic heterocycles. The Morgan fingerprint density at radius 1 is 1.16 bits per heavy atom. The van der Waals surface area contributed by atoms with Crippen LogP contribution in [0.3, 0.4) is 0 Å². The quantitative estimate of drug-likeness (QED) is 0.659. The number of carbonyl (C=O) groups is 2. The highest BCUT2D eigenvalue weighted by Crippen LogP contribution is 2.27. The summed E-state index contributed by atoms with van der Waals surface area (Å²) in [5.74, 6) is 0.0515. The van der Waals surface area contributed by atoms with Gasteiger partial charge in [0.1, 0.15) is 18.5 Å². The molecule has 3 atom stereocenters. The molecule has 1 fully saturated rings. The molecule has 0 saturated carbocycles. The number of rotatable bonds is 9. The average molecular weight is 427 g/mol. The molecule has 7 heteroatoms. The minimum absolute atomic E-state index is 0.104. The van der Waals surface area contributed by atoms with Crippen molar-refractivity contribution in [1.29, 1.82) is 0 Å². The summed E-state index contributed by atoms with van der Waals surface area (Å²) in [5, 5.41) is 11.0. The lowest BCUT2D eigenvalue weighted by Gasteiger charge is -2.29. The fourth-order valence-electron chi connectivity index (χ4n) is 3.57. The summed E-state index contributed by atoms with van der Waals surface area (Å²) in [5.41, 5.74) is 1.48. The zero-order chi connectivity index (χ0) is 22.4. The molecule has 7 nitrogen and oxygen atoms in total. The summed E-state index contributed by atoms with van der Waals surface area (Å²) in [6, 6.07) is 15.9. The summed E-state index contributed by atoms with van der Waals surface area (Å²) in [7, 11) is 0. The second-order valence-electron chi connectivity index (χ2n) is 7.68. The van der Waals surface area contributed by atoms with Crippen molar-refractivity contribution in [2.24, 2.45) is 0 Å². The number of aliphatic hydroxyl groups excluding tert-OH is 1. The summed E-state index contributed by atoms with van der Waals surface area (Å²) >= 11 is 0. The lowest BCUT2D eigenvalue weighted by atomic mass is 10.0. The molecule has 31 heavy (non-hydrogen) atoms. The van der Waals surface area contributed by atoms with Gasteiger partial charge in [0.15, 0.2) is 6.10 Å². The van der Waals surface area contributed by atoms with E-state index in [0.29, 0.717) is 24.3 Å². The van der Waals surface area contributed by atoms with Crippen LogP contribution in [0.15, 0.2) is 54.6 Å². The number of hydrogen-bond donors (Lipinski definition) is 1. The van der Waals surface area contributed by atoms with E-state index in [1.165, 1.54) is 0 Å². The molecule has 2 amide bonds. The van der Waals surface area contributed by atoms with E-state index in [0.717, 1.165) is 10.5 Å². The Morgan fingerprint density at radius 3 is 2.45 bits per heavy atom. The first kappa shape index (κ1) is 22.8. The van der Waals surface area contributed by atoms with E-state index in [-0.39, 0.29) is 12.7 Å². The molecule has 1 heterocycles. The molecule has 0 bridgehead atoms. The Morgan fingerprint density at radius 2 is 1.84 bits per heavy atom. The zero-order valence-electron chi connectivity index (χ0n) is 18.1. The van der Waals surface area contributed by atoms with Gasteiger partial charge < -0.3 is 19.3 Å². The van der Waals surface area contributed by atoms with Crippen molar-refractivity contribution in [2.45, 2.75) is 51.5 Å². The second kappa shape index (κ2) is 10.4. The molecule has 0 radical (unpaired) electrons. The molecule has 2 aromatic carbocycles. The maximum absolute atomic E-state index is 13.4. The van der Waals surface area contributed by atoms with Crippen LogP contribution in [-0.2, 0) is 20.7 Å². The highest BCUT2D eigenvalue weighted by atomic mass is 16.6. The van der Waals surface area contributed by atoms with Gasteiger partial charge in [-0.2, -0.15) is 0 Å². The number of hydrogen-bond acceptors (Lipinski definition) is 6. The van der Waals surface area contributed by atoms with Crippen molar-refractivity contribution in [3.05, 3.63) is 65.7 Å². The average Bonchev–Trinajstić information content (AvgIpc) is 3.12. The van der Waals surface area contributed by atoms with Crippen molar-refractivity contribution in [1.82, 2.24) is 4.90 Å². The van der Waals surface area contributed by atoms with Crippen LogP contribution in [0.2, 0.25) is 0 Å². The third-order valence-electron chi connectivity index (χ3n) is 4.99. The second-order valence-corrected chi connectivity index (χ2v) is 7.68. The predicted octanol–water partition coefficient (Wildman–Crippen LogP) is 3.50. The number of aliphatic hydroxyl groups is 1. The van der Waals surface area contributed by atoms with Gasteiger partial charge in [-0.25, -0.2) is 9.69 Å². The van der Waals surface area contributed by atoms with Gasteiger partial charge in [-0.1, -0.05) is 42.5 Å². The van der Waals surface area contributed by atoms with Crippen LogP contribution in [-0.4, -0.2) is 53.5 Å². The van der Waals surface area contributed by atoms with Crippen LogP contribution in [0.5, 0.6) is 5.75 Å². The van der Waals surface area contributed by atoms with Gasteiger partial charge in [-0.3, -0.25) is 4.79 Å². The molecule has 1 aliphatic heterocycles. The Balaban J connectivity index is 1.82. The van der Waals surface area contributed by atoms with Crippen LogP contribution in [0.25, 0.3) is 0 Å². The molecule has 0 spiro atoms. The molecule has 1 aliphatic rings. The van der Waals surface area contributed by atoms with Crippen LogP contribution in [0.4, 0.5) is 4.79 Å². The van der Waals surface area contributed by atoms with Gasteiger partial charge in [0.25, 0.3) is 5.91 Å². The van der Waals surface area contributed by atoms with Gasteiger partial charge in [0, 0.05) is 0 Å². The number of ether oxygens (including phenoxy) is 3. The van der Waals surface area contributed by atoms with Crippen LogP contribution in [0, 0.1) is 0 Å². The van der Waals surface area contributed by atoms with Crippen molar-refractivity contribution in [3.8, 4) is 5.75 Å². The number of nitrogens with zero attached hydrogens (tertiary/aromatic N) is 1. The van der Waals surface area contributed by atoms with E-state index >= 15 is 0 Å². The standard InChI is InChI=1S/C24H29NO6/c1-4-29-20-12-10-18(11-13-20)21(26)22(31-16(2)3)23(27)25-19(15-30-24(25)28)14-17-8-6-5-7-9-17/h5-13,16,19,21-22,26H,4,14-15H2,1-3H3/t19-,21+,22-/m0/s1. The van der Waals surface area contributed by atoms with E-state index < -0.39 is 30.3 Å². The van der Waals surface area contributed by atoms with E-state index in [2.05, 4.69) is 0 Å². The molecule has 1 N–H and O–H groups in total. The Kier molecular flexibility index (Phi) is 7.65. The topological polar surface area (TPSA) is 85.3 Å². The van der Waals surface area contributed by atoms with Gasteiger partial charge in [-0.15, -0.1) is 0 Å². The molecule has 0 aliphatic carbocycles. The minimum Gasteiger partial charge on any atom is -0.494 e. The first-order valence-corrected chi connectivity index (χ1v) is 10.5. The van der Waals surface area contributed by atoms with Crippen molar-refractivity contribution in [2.75, 3.05) is 13.2 Å². The van der Waals surface area contributed by atoms with Gasteiger partial charge in [0.2, 0.25) is 0 Å². The van der Waals surface area contributed by atoms with Gasteiger partial charge in [0.05, 0.1) is 18.8 Å². The summed E-state index contributed by atoms with van der Waals surface area (Å²) in [6.07, 6.45) is -3.09. The number of carbonyl (C=O) groups excluding carboxylic acids is 2. The van der Waals surface area contributed by atoms with E-state index in [9.17, 15) is 14.7 Å². The van der Waals surface area contributed by atoms with E-state index in [1.54, 1.807) is 38.1 Å². The molecule has 1 saturated heterocycles. The third-order valence-corrected chi connectivity index (χ3v) is 4.99. The highest BCUT2D eigenvalue weighted by Gasteiger charge is 2.44. The number of benzene rings is 2. The normalized spacial score (nSPS) is 18.0. The number of imide groups is 1. The van der Waals surface area contributed by atoms with E-state index in [4.69, 9.17) is 14.2 Å². The summed E-state index contributed by atoms with van der Waals surface area (Å²) in [4.78, 5) is 26.9. The molecule has 0 unspecified atom stereocenters. The Labute approximate surface area is 182 Å².